The van der Waals surface area contributed by atoms with Crippen LogP contribution < -0.4 is 10.6 Å². The third kappa shape index (κ3) is 5.22. The number of carbonyl (C=O) groups excluding carboxylic acids is 2. The van der Waals surface area contributed by atoms with Gasteiger partial charge in [-0.15, -0.1) is 11.3 Å². The minimum absolute atomic E-state index is 0.0188. The van der Waals surface area contributed by atoms with E-state index in [1.54, 1.807) is 12.3 Å². The zero-order valence-electron chi connectivity index (χ0n) is 13.2. The SMILES string of the molecule is CN(C)C(CNC(=O)CCNC(=O)c1cccs1)c1ccco1. The van der Waals surface area contributed by atoms with Crippen molar-refractivity contribution in [1.29, 1.82) is 0 Å². The zero-order valence-corrected chi connectivity index (χ0v) is 14.1. The summed E-state index contributed by atoms with van der Waals surface area (Å²) < 4.78 is 5.39. The van der Waals surface area contributed by atoms with E-state index in [-0.39, 0.29) is 24.3 Å². The molecule has 0 aromatic carbocycles. The highest BCUT2D eigenvalue weighted by Gasteiger charge is 2.17. The van der Waals surface area contributed by atoms with Crippen molar-refractivity contribution >= 4 is 23.2 Å². The summed E-state index contributed by atoms with van der Waals surface area (Å²) in [6.07, 6.45) is 1.86. The Kier molecular flexibility index (Phi) is 6.37. The standard InChI is InChI=1S/C16H21N3O3S/c1-19(2)12(13-5-3-9-22-13)11-18-15(20)7-8-17-16(21)14-6-4-10-23-14/h3-6,9-10,12H,7-8,11H2,1-2H3,(H,17,21)(H,18,20). The molecule has 0 aliphatic rings. The van der Waals surface area contributed by atoms with Crippen molar-refractivity contribution in [3.63, 3.8) is 0 Å². The van der Waals surface area contributed by atoms with E-state index < -0.39 is 0 Å². The van der Waals surface area contributed by atoms with Gasteiger partial charge in [0.15, 0.2) is 0 Å². The number of amides is 2. The maximum atomic E-state index is 11.9. The van der Waals surface area contributed by atoms with Crippen LogP contribution in [0.2, 0.25) is 0 Å². The van der Waals surface area contributed by atoms with Crippen LogP contribution in [-0.2, 0) is 4.79 Å². The average Bonchev–Trinajstić information content (AvgIpc) is 3.20. The minimum atomic E-state index is -0.144. The highest BCUT2D eigenvalue weighted by atomic mass is 32.1. The summed E-state index contributed by atoms with van der Waals surface area (Å²) in [6.45, 7) is 0.772. The summed E-state index contributed by atoms with van der Waals surface area (Å²) in [7, 11) is 3.86. The molecule has 6 nitrogen and oxygen atoms in total. The van der Waals surface area contributed by atoms with Crippen molar-refractivity contribution in [2.24, 2.45) is 0 Å². The molecule has 0 saturated carbocycles. The van der Waals surface area contributed by atoms with Gasteiger partial charge in [0.2, 0.25) is 5.91 Å². The van der Waals surface area contributed by atoms with Gasteiger partial charge in [0.25, 0.3) is 5.91 Å². The maximum Gasteiger partial charge on any atom is 0.261 e. The Balaban J connectivity index is 1.71. The predicted molar refractivity (Wildman–Crippen MR) is 89.4 cm³/mol. The number of rotatable bonds is 8. The molecule has 2 heterocycles. The fourth-order valence-corrected chi connectivity index (χ4v) is 2.74. The first kappa shape index (κ1) is 17.2. The molecule has 2 aromatic heterocycles. The molecular weight excluding hydrogens is 314 g/mol. The molecular formula is C16H21N3O3S. The summed E-state index contributed by atoms with van der Waals surface area (Å²) in [5, 5.41) is 7.45. The van der Waals surface area contributed by atoms with Crippen LogP contribution in [0, 0.1) is 0 Å². The summed E-state index contributed by atoms with van der Waals surface area (Å²) >= 11 is 1.38. The van der Waals surface area contributed by atoms with Gasteiger partial charge in [0, 0.05) is 19.5 Å². The van der Waals surface area contributed by atoms with Gasteiger partial charge < -0.3 is 15.1 Å². The van der Waals surface area contributed by atoms with Gasteiger partial charge in [-0.25, -0.2) is 0 Å². The lowest BCUT2D eigenvalue weighted by Gasteiger charge is -2.22. The number of hydrogen-bond acceptors (Lipinski definition) is 5. The molecule has 124 valence electrons. The smallest absolute Gasteiger partial charge is 0.261 e. The van der Waals surface area contributed by atoms with Crippen molar-refractivity contribution in [1.82, 2.24) is 15.5 Å². The van der Waals surface area contributed by atoms with E-state index in [9.17, 15) is 9.59 Å². The summed E-state index contributed by atoms with van der Waals surface area (Å²) in [5.41, 5.74) is 0. The fourth-order valence-electron chi connectivity index (χ4n) is 2.10. The molecule has 1 atom stereocenters. The van der Waals surface area contributed by atoms with E-state index in [2.05, 4.69) is 10.6 Å². The number of thiophene rings is 1. The van der Waals surface area contributed by atoms with Gasteiger partial charge in [-0.1, -0.05) is 6.07 Å². The molecule has 0 aliphatic carbocycles. The van der Waals surface area contributed by atoms with Gasteiger partial charge in [0.1, 0.15) is 5.76 Å². The quantitative estimate of drug-likeness (QED) is 0.772. The molecule has 0 fully saturated rings. The van der Waals surface area contributed by atoms with Gasteiger partial charge in [-0.05, 0) is 37.7 Å². The number of nitrogens with one attached hydrogen (secondary N) is 2. The molecule has 2 rings (SSSR count). The molecule has 1 unspecified atom stereocenters. The topological polar surface area (TPSA) is 74.6 Å². The highest BCUT2D eigenvalue weighted by Crippen LogP contribution is 2.17. The molecule has 0 bridgehead atoms. The van der Waals surface area contributed by atoms with Crippen LogP contribution in [0.15, 0.2) is 40.3 Å². The Labute approximate surface area is 139 Å². The Morgan fingerprint density at radius 1 is 1.26 bits per heavy atom. The van der Waals surface area contributed by atoms with E-state index in [1.807, 2.05) is 42.6 Å². The molecule has 0 saturated heterocycles. The molecule has 0 aliphatic heterocycles. The summed E-state index contributed by atoms with van der Waals surface area (Å²) in [5.74, 6) is 0.561. The maximum absolute atomic E-state index is 11.9. The van der Waals surface area contributed by atoms with E-state index in [0.29, 0.717) is 18.0 Å². The largest absolute Gasteiger partial charge is 0.468 e. The van der Waals surface area contributed by atoms with Crippen molar-refractivity contribution < 1.29 is 14.0 Å². The number of furan rings is 1. The second-order valence-corrected chi connectivity index (χ2v) is 6.23. The van der Waals surface area contributed by atoms with E-state index in [0.717, 1.165) is 5.76 Å². The van der Waals surface area contributed by atoms with E-state index in [1.165, 1.54) is 11.3 Å². The number of nitrogens with zero attached hydrogens (tertiary/aromatic N) is 1. The van der Waals surface area contributed by atoms with Gasteiger partial charge in [-0.2, -0.15) is 0 Å². The van der Waals surface area contributed by atoms with Crippen LogP contribution >= 0.6 is 11.3 Å². The Morgan fingerprint density at radius 3 is 2.70 bits per heavy atom. The molecule has 0 spiro atoms. The molecule has 2 aromatic rings. The minimum Gasteiger partial charge on any atom is -0.468 e. The van der Waals surface area contributed by atoms with Crippen LogP contribution in [0.25, 0.3) is 0 Å². The third-order valence-corrected chi connectivity index (χ3v) is 4.24. The van der Waals surface area contributed by atoms with Crippen LogP contribution in [0.3, 0.4) is 0 Å². The van der Waals surface area contributed by atoms with Crippen LogP contribution in [0.1, 0.15) is 27.9 Å². The Morgan fingerprint density at radius 2 is 2.09 bits per heavy atom. The van der Waals surface area contributed by atoms with Crippen LogP contribution in [0.5, 0.6) is 0 Å². The highest BCUT2D eigenvalue weighted by molar-refractivity contribution is 7.12. The molecule has 0 radical (unpaired) electrons. The van der Waals surface area contributed by atoms with Crippen molar-refractivity contribution in [2.45, 2.75) is 12.5 Å². The molecule has 23 heavy (non-hydrogen) atoms. The second-order valence-electron chi connectivity index (χ2n) is 5.28. The van der Waals surface area contributed by atoms with E-state index >= 15 is 0 Å². The first-order valence-corrected chi connectivity index (χ1v) is 8.24. The lowest BCUT2D eigenvalue weighted by Crippen LogP contribution is -2.36. The van der Waals surface area contributed by atoms with Crippen LogP contribution in [-0.4, -0.2) is 43.9 Å². The normalized spacial score (nSPS) is 12.1. The molecule has 2 amide bonds. The first-order chi connectivity index (χ1) is 11.1. The third-order valence-electron chi connectivity index (χ3n) is 3.37. The summed E-state index contributed by atoms with van der Waals surface area (Å²) in [6, 6.07) is 7.27. The number of carbonyl (C=O) groups is 2. The zero-order chi connectivity index (χ0) is 16.7. The molecule has 2 N–H and O–H groups in total. The fraction of sp³-hybridized carbons (Fsp3) is 0.375. The number of likely N-dealkylation sites (N-methyl/N-ethyl adjacent to an activating group) is 1. The second kappa shape index (κ2) is 8.50. The van der Waals surface area contributed by atoms with Gasteiger partial charge in [0.05, 0.1) is 17.2 Å². The van der Waals surface area contributed by atoms with Crippen molar-refractivity contribution in [3.8, 4) is 0 Å². The first-order valence-electron chi connectivity index (χ1n) is 7.36. The Hall–Kier alpha value is -2.12. The number of hydrogen-bond donors (Lipinski definition) is 2. The predicted octanol–water partition coefficient (Wildman–Crippen LogP) is 1.88. The lowest BCUT2D eigenvalue weighted by molar-refractivity contribution is -0.121. The summed E-state index contributed by atoms with van der Waals surface area (Å²) in [4.78, 5) is 26.3. The van der Waals surface area contributed by atoms with Crippen molar-refractivity contribution in [3.05, 3.63) is 46.5 Å². The molecule has 7 heteroatoms. The van der Waals surface area contributed by atoms with Gasteiger partial charge >= 0.3 is 0 Å². The van der Waals surface area contributed by atoms with Gasteiger partial charge in [-0.3, -0.25) is 14.5 Å². The Bertz CT molecular complexity index is 609. The van der Waals surface area contributed by atoms with Crippen LogP contribution in [0.4, 0.5) is 0 Å². The monoisotopic (exact) mass is 335 g/mol. The van der Waals surface area contributed by atoms with E-state index in [4.69, 9.17) is 4.42 Å². The lowest BCUT2D eigenvalue weighted by atomic mass is 10.2. The van der Waals surface area contributed by atoms with Crippen molar-refractivity contribution in [2.75, 3.05) is 27.2 Å². The average molecular weight is 335 g/mol.